The third kappa shape index (κ3) is 10.8. The fraction of sp³-hybridized carbons (Fsp3) is 0.500. The lowest BCUT2D eigenvalue weighted by Gasteiger charge is -2.12. The second kappa shape index (κ2) is 14.1. The molecule has 0 aromatic heterocycles. The first-order valence-corrected chi connectivity index (χ1v) is 7.65. The zero-order valence-corrected chi connectivity index (χ0v) is 16.1. The lowest BCUT2D eigenvalue weighted by molar-refractivity contribution is -0.120. The zero-order valence-electron chi connectivity index (χ0n) is 13.8. The van der Waals surface area contributed by atoms with Crippen LogP contribution < -0.4 is 20.7 Å². The Bertz CT molecular complexity index is 455. The van der Waals surface area contributed by atoms with Gasteiger partial charge in [0.2, 0.25) is 5.91 Å². The van der Waals surface area contributed by atoms with Gasteiger partial charge in [-0.25, -0.2) is 0 Å². The van der Waals surface area contributed by atoms with Crippen molar-refractivity contribution in [3.63, 3.8) is 0 Å². The standard InChI is InChI=1S/C16H26N4O2.HI/c1-3-10-18-15(21)13-20-16(17-2)19-11-7-12-22-14-8-5-4-6-9-14;/h4-6,8-9H,3,7,10-13H2,1-2H3,(H,18,21)(H2,17,19,20);1H. The van der Waals surface area contributed by atoms with Gasteiger partial charge in [-0.1, -0.05) is 25.1 Å². The van der Waals surface area contributed by atoms with Gasteiger partial charge >= 0.3 is 0 Å². The highest BCUT2D eigenvalue weighted by molar-refractivity contribution is 14.0. The molecular formula is C16H27IN4O2. The van der Waals surface area contributed by atoms with Crippen molar-refractivity contribution in [3.05, 3.63) is 30.3 Å². The zero-order chi connectivity index (χ0) is 16.0. The summed E-state index contributed by atoms with van der Waals surface area (Å²) in [5.74, 6) is 1.46. The minimum Gasteiger partial charge on any atom is -0.494 e. The molecule has 0 radical (unpaired) electrons. The first kappa shape index (κ1) is 21.5. The molecule has 0 saturated carbocycles. The number of hydrogen-bond acceptors (Lipinski definition) is 3. The fourth-order valence-corrected chi connectivity index (χ4v) is 1.70. The molecule has 1 aromatic carbocycles. The predicted molar refractivity (Wildman–Crippen MR) is 105 cm³/mol. The molecule has 0 unspecified atom stereocenters. The maximum absolute atomic E-state index is 11.5. The van der Waals surface area contributed by atoms with Gasteiger partial charge in [0.1, 0.15) is 5.75 Å². The monoisotopic (exact) mass is 434 g/mol. The molecule has 0 aliphatic heterocycles. The average Bonchev–Trinajstić information content (AvgIpc) is 2.56. The minimum absolute atomic E-state index is 0. The van der Waals surface area contributed by atoms with Crippen molar-refractivity contribution >= 4 is 35.8 Å². The van der Waals surface area contributed by atoms with E-state index < -0.39 is 0 Å². The number of aliphatic imine (C=N–C) groups is 1. The second-order valence-electron chi connectivity index (χ2n) is 4.72. The number of carbonyl (C=O) groups excluding carboxylic acids is 1. The van der Waals surface area contributed by atoms with Gasteiger partial charge in [-0.15, -0.1) is 24.0 Å². The van der Waals surface area contributed by atoms with Crippen LogP contribution in [0.2, 0.25) is 0 Å². The first-order chi connectivity index (χ1) is 10.8. The number of benzene rings is 1. The molecule has 23 heavy (non-hydrogen) atoms. The summed E-state index contributed by atoms with van der Waals surface area (Å²) in [6.07, 6.45) is 1.78. The smallest absolute Gasteiger partial charge is 0.239 e. The van der Waals surface area contributed by atoms with E-state index in [1.165, 1.54) is 0 Å². The second-order valence-corrected chi connectivity index (χ2v) is 4.72. The molecule has 0 heterocycles. The molecule has 0 atom stereocenters. The van der Waals surface area contributed by atoms with Crippen LogP contribution in [-0.4, -0.2) is 45.2 Å². The summed E-state index contributed by atoms with van der Waals surface area (Å²) in [6.45, 7) is 4.29. The molecule has 0 spiro atoms. The Morgan fingerprint density at radius 1 is 1.13 bits per heavy atom. The fourth-order valence-electron chi connectivity index (χ4n) is 1.70. The highest BCUT2D eigenvalue weighted by Gasteiger charge is 2.02. The van der Waals surface area contributed by atoms with Gasteiger partial charge in [0.25, 0.3) is 0 Å². The van der Waals surface area contributed by atoms with Gasteiger partial charge in [-0.2, -0.15) is 0 Å². The molecular weight excluding hydrogens is 407 g/mol. The maximum Gasteiger partial charge on any atom is 0.239 e. The molecule has 1 amide bonds. The van der Waals surface area contributed by atoms with Crippen LogP contribution in [-0.2, 0) is 4.79 Å². The number of ether oxygens (including phenoxy) is 1. The molecule has 0 aliphatic carbocycles. The Kier molecular flexibility index (Phi) is 13.2. The summed E-state index contributed by atoms with van der Waals surface area (Å²) >= 11 is 0. The molecule has 7 heteroatoms. The van der Waals surface area contributed by atoms with Crippen molar-refractivity contribution < 1.29 is 9.53 Å². The van der Waals surface area contributed by atoms with E-state index in [0.29, 0.717) is 19.1 Å². The number of nitrogens with zero attached hydrogens (tertiary/aromatic N) is 1. The summed E-state index contributed by atoms with van der Waals surface area (Å²) in [7, 11) is 1.68. The highest BCUT2D eigenvalue weighted by atomic mass is 127. The van der Waals surface area contributed by atoms with Crippen molar-refractivity contribution in [1.82, 2.24) is 16.0 Å². The molecule has 0 saturated heterocycles. The van der Waals surface area contributed by atoms with Crippen molar-refractivity contribution in [1.29, 1.82) is 0 Å². The summed E-state index contributed by atoms with van der Waals surface area (Å²) in [4.78, 5) is 15.5. The van der Waals surface area contributed by atoms with E-state index in [2.05, 4.69) is 20.9 Å². The molecule has 1 aromatic rings. The largest absolute Gasteiger partial charge is 0.494 e. The summed E-state index contributed by atoms with van der Waals surface area (Å²) in [5, 5.41) is 8.92. The third-order valence-electron chi connectivity index (χ3n) is 2.84. The molecule has 130 valence electrons. The van der Waals surface area contributed by atoms with Crippen LogP contribution in [0.4, 0.5) is 0 Å². The van der Waals surface area contributed by atoms with E-state index in [1.807, 2.05) is 37.3 Å². The molecule has 6 nitrogen and oxygen atoms in total. The van der Waals surface area contributed by atoms with E-state index in [9.17, 15) is 4.79 Å². The molecule has 0 fully saturated rings. The average molecular weight is 434 g/mol. The number of hydrogen-bond donors (Lipinski definition) is 3. The number of guanidine groups is 1. The molecule has 1 rings (SSSR count). The van der Waals surface area contributed by atoms with Gasteiger partial charge in [0, 0.05) is 20.1 Å². The maximum atomic E-state index is 11.5. The number of carbonyl (C=O) groups is 1. The Balaban J connectivity index is 0.00000484. The Labute approximate surface area is 155 Å². The first-order valence-electron chi connectivity index (χ1n) is 7.65. The topological polar surface area (TPSA) is 74.8 Å². The van der Waals surface area contributed by atoms with E-state index >= 15 is 0 Å². The molecule has 0 bridgehead atoms. The Morgan fingerprint density at radius 2 is 1.87 bits per heavy atom. The predicted octanol–water partition coefficient (Wildman–Crippen LogP) is 1.76. The highest BCUT2D eigenvalue weighted by Crippen LogP contribution is 2.07. The Morgan fingerprint density at radius 3 is 2.52 bits per heavy atom. The number of rotatable bonds is 9. The van der Waals surface area contributed by atoms with Crippen LogP contribution in [0, 0.1) is 0 Å². The van der Waals surface area contributed by atoms with Crippen molar-refractivity contribution in [2.24, 2.45) is 4.99 Å². The van der Waals surface area contributed by atoms with Crippen molar-refractivity contribution in [3.8, 4) is 5.75 Å². The lowest BCUT2D eigenvalue weighted by atomic mass is 10.3. The summed E-state index contributed by atoms with van der Waals surface area (Å²) < 4.78 is 5.60. The quantitative estimate of drug-likeness (QED) is 0.240. The van der Waals surface area contributed by atoms with Gasteiger partial charge in [-0.3, -0.25) is 9.79 Å². The van der Waals surface area contributed by atoms with E-state index in [4.69, 9.17) is 4.74 Å². The SMILES string of the molecule is CCCNC(=O)CNC(=NC)NCCCOc1ccccc1.I. The van der Waals surface area contributed by atoms with Crippen LogP contribution in [0.5, 0.6) is 5.75 Å². The van der Waals surface area contributed by atoms with Crippen LogP contribution in [0.25, 0.3) is 0 Å². The van der Waals surface area contributed by atoms with Gasteiger partial charge < -0.3 is 20.7 Å². The number of halogens is 1. The molecule has 3 N–H and O–H groups in total. The third-order valence-corrected chi connectivity index (χ3v) is 2.84. The van der Waals surface area contributed by atoms with Gasteiger partial charge in [-0.05, 0) is 25.0 Å². The van der Waals surface area contributed by atoms with E-state index in [1.54, 1.807) is 7.05 Å². The number of nitrogens with one attached hydrogen (secondary N) is 3. The summed E-state index contributed by atoms with van der Waals surface area (Å²) in [6, 6.07) is 9.72. The van der Waals surface area contributed by atoms with Crippen molar-refractivity contribution in [2.45, 2.75) is 19.8 Å². The number of amides is 1. The normalized spacial score (nSPS) is 10.4. The number of para-hydroxylation sites is 1. The van der Waals surface area contributed by atoms with E-state index in [0.717, 1.165) is 25.1 Å². The molecule has 0 aliphatic rings. The van der Waals surface area contributed by atoms with Crippen molar-refractivity contribution in [2.75, 3.05) is 33.3 Å². The van der Waals surface area contributed by atoms with E-state index in [-0.39, 0.29) is 36.4 Å². The Hall–Kier alpha value is -1.51. The van der Waals surface area contributed by atoms with Gasteiger partial charge in [0.15, 0.2) is 5.96 Å². The van der Waals surface area contributed by atoms with Crippen LogP contribution in [0.15, 0.2) is 35.3 Å². The van der Waals surface area contributed by atoms with Crippen LogP contribution in [0.3, 0.4) is 0 Å². The van der Waals surface area contributed by atoms with Crippen LogP contribution in [0.1, 0.15) is 19.8 Å². The summed E-state index contributed by atoms with van der Waals surface area (Å²) in [5.41, 5.74) is 0. The minimum atomic E-state index is -0.0304. The lowest BCUT2D eigenvalue weighted by Crippen LogP contribution is -2.43. The van der Waals surface area contributed by atoms with Gasteiger partial charge in [0.05, 0.1) is 13.2 Å². The van der Waals surface area contributed by atoms with Crippen LogP contribution >= 0.6 is 24.0 Å².